The molecule has 3 aromatic rings. The van der Waals surface area contributed by atoms with Crippen molar-refractivity contribution >= 4 is 23.2 Å². The summed E-state index contributed by atoms with van der Waals surface area (Å²) in [6.45, 7) is 1.88. The average Bonchev–Trinajstić information content (AvgIpc) is 3.00. The van der Waals surface area contributed by atoms with Crippen LogP contribution in [0, 0.1) is 6.92 Å². The van der Waals surface area contributed by atoms with Gasteiger partial charge in [-0.1, -0.05) is 29.8 Å². The van der Waals surface area contributed by atoms with Crippen LogP contribution in [0.3, 0.4) is 0 Å². The van der Waals surface area contributed by atoms with Gasteiger partial charge in [0.15, 0.2) is 0 Å². The molecule has 0 unspecified atom stereocenters. The Balaban J connectivity index is 1.82. The Labute approximate surface area is 145 Å². The number of anilines is 2. The van der Waals surface area contributed by atoms with E-state index in [4.69, 9.17) is 16.6 Å². The van der Waals surface area contributed by atoms with Gasteiger partial charge < -0.3 is 5.32 Å². The molecule has 2 N–H and O–H groups in total. The third-order valence-electron chi connectivity index (χ3n) is 4.29. The highest BCUT2D eigenvalue weighted by molar-refractivity contribution is 6.33. The van der Waals surface area contributed by atoms with E-state index in [1.807, 2.05) is 31.2 Å². The molecule has 2 aromatic heterocycles. The highest BCUT2D eigenvalue weighted by Crippen LogP contribution is 2.34. The fourth-order valence-corrected chi connectivity index (χ4v) is 3.37. The van der Waals surface area contributed by atoms with Crippen molar-refractivity contribution < 1.29 is 0 Å². The van der Waals surface area contributed by atoms with Crippen LogP contribution in [0.25, 0.3) is 11.3 Å². The number of hydrogen-bond acceptors (Lipinski definition) is 4. The molecule has 1 aliphatic rings. The number of nitrogens with one attached hydrogen (secondary N) is 2. The second-order valence-electron chi connectivity index (χ2n) is 6.04. The molecule has 6 heteroatoms. The first-order chi connectivity index (χ1) is 11.7. The summed E-state index contributed by atoms with van der Waals surface area (Å²) in [5.74, 6) is 1.36. The SMILES string of the molecule is Cc1nc(Nc2cc(-c3ccccc3Cl)nc3c2CCCC3)n[nH]1. The number of aromatic amines is 1. The lowest BCUT2D eigenvalue weighted by Gasteiger charge is -2.20. The van der Waals surface area contributed by atoms with Crippen LogP contribution in [0.1, 0.15) is 29.9 Å². The molecule has 0 radical (unpaired) electrons. The van der Waals surface area contributed by atoms with E-state index in [1.54, 1.807) is 0 Å². The van der Waals surface area contributed by atoms with E-state index in [1.165, 1.54) is 18.4 Å². The lowest BCUT2D eigenvalue weighted by Crippen LogP contribution is -2.10. The van der Waals surface area contributed by atoms with Gasteiger partial charge in [-0.05, 0) is 50.3 Å². The lowest BCUT2D eigenvalue weighted by atomic mass is 9.93. The minimum absolute atomic E-state index is 0.580. The van der Waals surface area contributed by atoms with Crippen molar-refractivity contribution in [3.05, 3.63) is 52.4 Å². The van der Waals surface area contributed by atoms with Crippen molar-refractivity contribution in [1.82, 2.24) is 20.2 Å². The maximum Gasteiger partial charge on any atom is 0.246 e. The van der Waals surface area contributed by atoms with E-state index in [0.29, 0.717) is 11.0 Å². The molecular formula is C18H18ClN5. The van der Waals surface area contributed by atoms with Gasteiger partial charge in [-0.15, -0.1) is 5.10 Å². The fraction of sp³-hybridized carbons (Fsp3) is 0.278. The summed E-state index contributed by atoms with van der Waals surface area (Å²) in [5.41, 5.74) is 5.26. The van der Waals surface area contributed by atoms with E-state index in [2.05, 4.69) is 26.6 Å². The zero-order chi connectivity index (χ0) is 16.5. The van der Waals surface area contributed by atoms with Crippen molar-refractivity contribution in [2.45, 2.75) is 32.6 Å². The van der Waals surface area contributed by atoms with Gasteiger partial charge in [0.1, 0.15) is 5.82 Å². The highest BCUT2D eigenvalue weighted by atomic mass is 35.5. The van der Waals surface area contributed by atoms with Crippen LogP contribution in [0.15, 0.2) is 30.3 Å². The summed E-state index contributed by atoms with van der Waals surface area (Å²) in [4.78, 5) is 9.23. The molecule has 0 spiro atoms. The first kappa shape index (κ1) is 15.1. The number of rotatable bonds is 3. The topological polar surface area (TPSA) is 66.5 Å². The van der Waals surface area contributed by atoms with Crippen LogP contribution in [-0.4, -0.2) is 20.2 Å². The third-order valence-corrected chi connectivity index (χ3v) is 4.62. The fourth-order valence-electron chi connectivity index (χ4n) is 3.14. The van der Waals surface area contributed by atoms with Crippen LogP contribution in [0.2, 0.25) is 5.02 Å². The van der Waals surface area contributed by atoms with Crippen LogP contribution < -0.4 is 5.32 Å². The molecule has 122 valence electrons. The predicted molar refractivity (Wildman–Crippen MR) is 95.7 cm³/mol. The second-order valence-corrected chi connectivity index (χ2v) is 6.44. The second kappa shape index (κ2) is 6.24. The lowest BCUT2D eigenvalue weighted by molar-refractivity contribution is 0.670. The number of benzene rings is 1. The molecule has 0 fully saturated rings. The van der Waals surface area contributed by atoms with Crippen molar-refractivity contribution in [3.8, 4) is 11.3 Å². The van der Waals surface area contributed by atoms with Crippen LogP contribution in [0.5, 0.6) is 0 Å². The largest absolute Gasteiger partial charge is 0.322 e. The molecule has 0 bridgehead atoms. The minimum Gasteiger partial charge on any atom is -0.322 e. The summed E-state index contributed by atoms with van der Waals surface area (Å²) in [6, 6.07) is 9.86. The molecule has 0 amide bonds. The van der Waals surface area contributed by atoms with Gasteiger partial charge >= 0.3 is 0 Å². The minimum atomic E-state index is 0.580. The van der Waals surface area contributed by atoms with Gasteiger partial charge in [-0.3, -0.25) is 10.1 Å². The zero-order valence-corrected chi connectivity index (χ0v) is 14.2. The zero-order valence-electron chi connectivity index (χ0n) is 13.4. The van der Waals surface area contributed by atoms with Crippen molar-refractivity contribution in [3.63, 3.8) is 0 Å². The number of nitrogens with zero attached hydrogens (tertiary/aromatic N) is 3. The molecule has 0 saturated heterocycles. The van der Waals surface area contributed by atoms with E-state index in [-0.39, 0.29) is 0 Å². The average molecular weight is 340 g/mol. The van der Waals surface area contributed by atoms with Gasteiger partial charge in [-0.25, -0.2) is 0 Å². The number of pyridine rings is 1. The third kappa shape index (κ3) is 2.87. The van der Waals surface area contributed by atoms with E-state index in [0.717, 1.165) is 41.3 Å². The first-order valence-electron chi connectivity index (χ1n) is 8.14. The summed E-state index contributed by atoms with van der Waals surface area (Å²) in [5, 5.41) is 11.1. The molecule has 24 heavy (non-hydrogen) atoms. The Morgan fingerprint density at radius 3 is 2.75 bits per heavy atom. The van der Waals surface area contributed by atoms with E-state index >= 15 is 0 Å². The number of aryl methyl sites for hydroxylation is 2. The maximum absolute atomic E-state index is 6.37. The molecule has 2 heterocycles. The van der Waals surface area contributed by atoms with Crippen LogP contribution in [-0.2, 0) is 12.8 Å². The van der Waals surface area contributed by atoms with E-state index in [9.17, 15) is 0 Å². The Hall–Kier alpha value is -2.40. The Kier molecular flexibility index (Phi) is 3.94. The molecule has 5 nitrogen and oxygen atoms in total. The standard InChI is InChI=1S/C18H18ClN5/c1-11-20-18(24-23-11)22-17-10-16(12-6-2-4-8-14(12)19)21-15-9-5-3-7-13(15)17/h2,4,6,8,10H,3,5,7,9H2,1H3,(H2,20,21,22,23,24). The van der Waals surface area contributed by atoms with Gasteiger partial charge in [0.25, 0.3) is 0 Å². The normalized spacial score (nSPS) is 13.6. The molecular weight excluding hydrogens is 322 g/mol. The summed E-state index contributed by atoms with van der Waals surface area (Å²) < 4.78 is 0. The van der Waals surface area contributed by atoms with E-state index < -0.39 is 0 Å². The molecule has 1 aromatic carbocycles. The molecule has 1 aliphatic carbocycles. The van der Waals surface area contributed by atoms with Crippen molar-refractivity contribution in [1.29, 1.82) is 0 Å². The van der Waals surface area contributed by atoms with Crippen molar-refractivity contribution in [2.24, 2.45) is 0 Å². The van der Waals surface area contributed by atoms with Gasteiger partial charge in [-0.2, -0.15) is 4.98 Å². The molecule has 0 atom stereocenters. The number of fused-ring (bicyclic) bond motifs is 1. The monoisotopic (exact) mass is 339 g/mol. The van der Waals surface area contributed by atoms with Crippen LogP contribution in [0.4, 0.5) is 11.6 Å². The summed E-state index contributed by atoms with van der Waals surface area (Å²) in [7, 11) is 0. The Morgan fingerprint density at radius 1 is 1.12 bits per heavy atom. The van der Waals surface area contributed by atoms with Crippen LogP contribution >= 0.6 is 11.6 Å². The number of H-pyrrole nitrogens is 1. The smallest absolute Gasteiger partial charge is 0.246 e. The molecule has 4 rings (SSSR count). The molecule has 0 saturated carbocycles. The first-order valence-corrected chi connectivity index (χ1v) is 8.52. The Bertz CT molecular complexity index is 887. The number of halogens is 1. The Morgan fingerprint density at radius 2 is 1.96 bits per heavy atom. The maximum atomic E-state index is 6.37. The summed E-state index contributed by atoms with van der Waals surface area (Å²) in [6.07, 6.45) is 4.37. The number of aromatic nitrogens is 4. The highest BCUT2D eigenvalue weighted by Gasteiger charge is 2.18. The van der Waals surface area contributed by atoms with Gasteiger partial charge in [0.05, 0.1) is 5.69 Å². The summed E-state index contributed by atoms with van der Waals surface area (Å²) >= 11 is 6.37. The van der Waals surface area contributed by atoms with Gasteiger partial charge in [0.2, 0.25) is 5.95 Å². The number of hydrogen-bond donors (Lipinski definition) is 2. The van der Waals surface area contributed by atoms with Gasteiger partial charge in [0, 0.05) is 22.0 Å². The quantitative estimate of drug-likeness (QED) is 0.739. The molecule has 0 aliphatic heterocycles. The predicted octanol–water partition coefficient (Wildman–Crippen LogP) is 4.45. The van der Waals surface area contributed by atoms with Crippen molar-refractivity contribution in [2.75, 3.05) is 5.32 Å².